The normalized spacial score (nSPS) is 13.0. The molecule has 0 saturated heterocycles. The standard InChI is InChI=1S/C22H46N4O2.H3O4P/c1-3-5-7-9-10-12-15-19(14-11-8-6-4-2)18-26-20(21(27)28)16-13-17-25-22(23)24;1-5(2,3)4/h19-20,26H,3-18H2,1-2H3,(H,27,28)(H4,23,24,25);(H3,1,2,3,4). The van der Waals surface area contributed by atoms with Crippen LogP contribution in [0, 0.1) is 5.92 Å². The SMILES string of the molecule is CCCCCCCCC(CCCCCC)CNC(CCCN=C(N)N)C(=O)O.O=P(O)(O)O. The summed E-state index contributed by atoms with van der Waals surface area (Å²) in [6.07, 6.45) is 16.5. The van der Waals surface area contributed by atoms with Crippen molar-refractivity contribution in [2.75, 3.05) is 13.1 Å². The van der Waals surface area contributed by atoms with Crippen LogP contribution in [0.15, 0.2) is 4.99 Å². The summed E-state index contributed by atoms with van der Waals surface area (Å²) in [6, 6.07) is -0.517. The minimum absolute atomic E-state index is 0.0610. The van der Waals surface area contributed by atoms with Crippen molar-refractivity contribution >= 4 is 19.8 Å². The molecule has 0 aromatic heterocycles. The first-order chi connectivity index (χ1) is 15.5. The highest BCUT2D eigenvalue weighted by Gasteiger charge is 2.18. The van der Waals surface area contributed by atoms with Crippen molar-refractivity contribution in [3.8, 4) is 0 Å². The molecule has 9 N–H and O–H groups in total. The van der Waals surface area contributed by atoms with Gasteiger partial charge in [0.1, 0.15) is 6.04 Å². The molecular weight excluding hydrogens is 447 g/mol. The van der Waals surface area contributed by atoms with Crippen molar-refractivity contribution in [2.24, 2.45) is 22.4 Å². The molecule has 11 heteroatoms. The fourth-order valence-electron chi connectivity index (χ4n) is 3.55. The van der Waals surface area contributed by atoms with Gasteiger partial charge in [0.05, 0.1) is 0 Å². The van der Waals surface area contributed by atoms with E-state index in [9.17, 15) is 9.90 Å². The van der Waals surface area contributed by atoms with Gasteiger partial charge in [0, 0.05) is 6.54 Å². The van der Waals surface area contributed by atoms with Gasteiger partial charge in [-0.15, -0.1) is 0 Å². The largest absolute Gasteiger partial charge is 0.480 e. The number of hydrogen-bond donors (Lipinski definition) is 7. The van der Waals surface area contributed by atoms with Crippen molar-refractivity contribution in [1.29, 1.82) is 0 Å². The van der Waals surface area contributed by atoms with Crippen LogP contribution in [0.5, 0.6) is 0 Å². The molecule has 198 valence electrons. The second-order valence-corrected chi connectivity index (χ2v) is 9.56. The predicted molar refractivity (Wildman–Crippen MR) is 134 cm³/mol. The molecule has 10 nitrogen and oxygen atoms in total. The molecule has 33 heavy (non-hydrogen) atoms. The van der Waals surface area contributed by atoms with Gasteiger partial charge in [-0.25, -0.2) is 4.57 Å². The third-order valence-electron chi connectivity index (χ3n) is 5.33. The number of nitrogens with two attached hydrogens (primary N) is 2. The van der Waals surface area contributed by atoms with Crippen LogP contribution in [-0.2, 0) is 9.36 Å². The number of hydrogen-bond acceptors (Lipinski definition) is 4. The van der Waals surface area contributed by atoms with Crippen LogP contribution < -0.4 is 16.8 Å². The Morgan fingerprint density at radius 2 is 1.30 bits per heavy atom. The minimum atomic E-state index is -4.64. The number of carboxylic acid groups (broad SMARTS) is 1. The number of carbonyl (C=O) groups is 1. The van der Waals surface area contributed by atoms with Gasteiger partial charge in [-0.3, -0.25) is 9.79 Å². The zero-order chi connectivity index (χ0) is 25.5. The maximum atomic E-state index is 11.6. The van der Waals surface area contributed by atoms with Crippen molar-refractivity contribution in [3.63, 3.8) is 0 Å². The summed E-state index contributed by atoms with van der Waals surface area (Å²) in [4.78, 5) is 37.0. The molecule has 0 bridgehead atoms. The molecule has 0 amide bonds. The molecule has 0 aliphatic rings. The molecule has 0 aromatic rings. The lowest BCUT2D eigenvalue weighted by atomic mass is 9.93. The highest BCUT2D eigenvalue weighted by Crippen LogP contribution is 2.25. The van der Waals surface area contributed by atoms with Crippen LogP contribution in [0.2, 0.25) is 0 Å². The van der Waals surface area contributed by atoms with Gasteiger partial charge in [-0.1, -0.05) is 78.1 Å². The summed E-state index contributed by atoms with van der Waals surface area (Å²) in [5.41, 5.74) is 10.6. The van der Waals surface area contributed by atoms with Crippen molar-refractivity contribution in [3.05, 3.63) is 0 Å². The highest BCUT2D eigenvalue weighted by atomic mass is 31.2. The summed E-state index contributed by atoms with van der Waals surface area (Å²) in [5.74, 6) is -0.150. The highest BCUT2D eigenvalue weighted by molar-refractivity contribution is 7.45. The number of nitrogens with one attached hydrogen (secondary N) is 1. The van der Waals surface area contributed by atoms with Crippen LogP contribution in [0.3, 0.4) is 0 Å². The second kappa shape index (κ2) is 22.6. The number of unbranched alkanes of at least 4 members (excludes halogenated alkanes) is 8. The Hall–Kier alpha value is -1.19. The van der Waals surface area contributed by atoms with E-state index in [1.807, 2.05) is 0 Å². The number of aliphatic imine (C=N–C) groups is 1. The number of aliphatic carboxylic acids is 1. The van der Waals surface area contributed by atoms with Crippen LogP contribution >= 0.6 is 7.82 Å². The lowest BCUT2D eigenvalue weighted by Gasteiger charge is -2.21. The Bertz CT molecular complexity index is 533. The molecule has 0 aromatic carbocycles. The van der Waals surface area contributed by atoms with Crippen molar-refractivity contribution < 1.29 is 29.1 Å². The van der Waals surface area contributed by atoms with Gasteiger partial charge in [-0.05, 0) is 38.1 Å². The molecule has 0 aliphatic heterocycles. The Kier molecular flexibility index (Phi) is 23.3. The van der Waals surface area contributed by atoms with Gasteiger partial charge in [0.2, 0.25) is 0 Å². The molecule has 0 aliphatic carbocycles. The molecule has 2 atom stereocenters. The molecule has 0 spiro atoms. The number of guanidine groups is 1. The molecule has 0 heterocycles. The molecule has 0 rings (SSSR count). The van der Waals surface area contributed by atoms with E-state index < -0.39 is 19.8 Å². The number of rotatable bonds is 20. The second-order valence-electron chi connectivity index (χ2n) is 8.53. The van der Waals surface area contributed by atoms with E-state index in [0.717, 1.165) is 6.54 Å². The lowest BCUT2D eigenvalue weighted by Crippen LogP contribution is -2.39. The van der Waals surface area contributed by atoms with Gasteiger partial charge in [0.25, 0.3) is 0 Å². The predicted octanol–water partition coefficient (Wildman–Crippen LogP) is 3.49. The van der Waals surface area contributed by atoms with Crippen molar-refractivity contribution in [1.82, 2.24) is 5.32 Å². The van der Waals surface area contributed by atoms with E-state index in [-0.39, 0.29) is 5.96 Å². The molecule has 0 saturated carbocycles. The summed E-state index contributed by atoms with van der Waals surface area (Å²) in [7, 11) is -4.64. The van der Waals surface area contributed by atoms with Crippen LogP contribution in [0.4, 0.5) is 0 Å². The zero-order valence-electron chi connectivity index (χ0n) is 20.6. The van der Waals surface area contributed by atoms with Gasteiger partial charge < -0.3 is 36.6 Å². The van der Waals surface area contributed by atoms with E-state index in [0.29, 0.717) is 25.3 Å². The number of nitrogens with zero attached hydrogens (tertiary/aromatic N) is 1. The monoisotopic (exact) mass is 496 g/mol. The maximum absolute atomic E-state index is 11.6. The minimum Gasteiger partial charge on any atom is -0.480 e. The first-order valence-corrected chi connectivity index (χ1v) is 13.9. The number of carboxylic acids is 1. The van der Waals surface area contributed by atoms with Crippen LogP contribution in [0.1, 0.15) is 104 Å². The zero-order valence-corrected chi connectivity index (χ0v) is 21.5. The first kappa shape index (κ1) is 34.0. The third kappa shape index (κ3) is 30.8. The van der Waals surface area contributed by atoms with E-state index in [1.165, 1.54) is 77.0 Å². The fraction of sp³-hybridized carbons (Fsp3) is 0.909. The number of phosphoric acid groups is 1. The smallest absolute Gasteiger partial charge is 0.466 e. The lowest BCUT2D eigenvalue weighted by molar-refractivity contribution is -0.139. The van der Waals surface area contributed by atoms with Crippen LogP contribution in [0.25, 0.3) is 0 Å². The van der Waals surface area contributed by atoms with Gasteiger partial charge >= 0.3 is 13.8 Å². The third-order valence-corrected chi connectivity index (χ3v) is 5.33. The van der Waals surface area contributed by atoms with Crippen LogP contribution in [-0.4, -0.2) is 50.8 Å². The van der Waals surface area contributed by atoms with E-state index in [2.05, 4.69) is 24.2 Å². The molecular formula is C22H49N4O6P. The van der Waals surface area contributed by atoms with Gasteiger partial charge in [0.15, 0.2) is 5.96 Å². The molecule has 0 radical (unpaired) electrons. The average molecular weight is 497 g/mol. The fourth-order valence-corrected chi connectivity index (χ4v) is 3.55. The van der Waals surface area contributed by atoms with Gasteiger partial charge in [-0.2, -0.15) is 0 Å². The van der Waals surface area contributed by atoms with E-state index in [1.54, 1.807) is 0 Å². The van der Waals surface area contributed by atoms with E-state index in [4.69, 9.17) is 30.7 Å². The quantitative estimate of drug-likeness (QED) is 0.0572. The maximum Gasteiger partial charge on any atom is 0.466 e. The van der Waals surface area contributed by atoms with Crippen molar-refractivity contribution in [2.45, 2.75) is 110 Å². The Morgan fingerprint density at radius 3 is 1.76 bits per heavy atom. The first-order valence-electron chi connectivity index (χ1n) is 12.3. The Balaban J connectivity index is 0. The summed E-state index contributed by atoms with van der Waals surface area (Å²) < 4.78 is 8.88. The Morgan fingerprint density at radius 1 is 0.848 bits per heavy atom. The summed E-state index contributed by atoms with van der Waals surface area (Å²) >= 11 is 0. The Labute approximate surface area is 199 Å². The molecule has 0 fully saturated rings. The average Bonchev–Trinajstić information content (AvgIpc) is 2.70. The van der Waals surface area contributed by atoms with E-state index >= 15 is 0 Å². The molecule has 2 unspecified atom stereocenters. The topological polar surface area (TPSA) is 191 Å². The summed E-state index contributed by atoms with van der Waals surface area (Å²) in [6.45, 7) is 5.75. The summed E-state index contributed by atoms with van der Waals surface area (Å²) in [5, 5.41) is 12.8.